The average molecular weight is 299 g/mol. The number of alkyl halides is 1. The molecule has 0 saturated heterocycles. The van der Waals surface area contributed by atoms with Gasteiger partial charge in [0.05, 0.1) is 10.5 Å². The molecule has 0 fully saturated rings. The standard InChI is InChI=1S/C7H14IN3O2/c8-4-6(12)5(9)2-1-3-11-7(10)13/h5H,1-4,9H2,(H3,10,11,13)/t5-/m0/s1. The number of amides is 2. The first kappa shape index (κ1) is 12.6. The second-order valence-electron chi connectivity index (χ2n) is 2.64. The zero-order chi connectivity index (χ0) is 10.3. The average Bonchev–Trinajstić information content (AvgIpc) is 2.10. The number of halogens is 1. The number of ketones is 1. The van der Waals surface area contributed by atoms with Gasteiger partial charge < -0.3 is 16.8 Å². The van der Waals surface area contributed by atoms with Gasteiger partial charge in [0.1, 0.15) is 0 Å². The van der Waals surface area contributed by atoms with Crippen molar-refractivity contribution in [1.82, 2.24) is 5.32 Å². The predicted molar refractivity (Wildman–Crippen MR) is 58.7 cm³/mol. The molecule has 1 atom stereocenters. The van der Waals surface area contributed by atoms with Crippen LogP contribution in [0.5, 0.6) is 0 Å². The molecule has 0 aliphatic carbocycles. The van der Waals surface area contributed by atoms with E-state index in [1.807, 2.05) is 22.6 Å². The van der Waals surface area contributed by atoms with Crippen molar-refractivity contribution in [3.63, 3.8) is 0 Å². The van der Waals surface area contributed by atoms with Gasteiger partial charge in [0.25, 0.3) is 0 Å². The molecule has 0 aromatic carbocycles. The number of hydrogen-bond acceptors (Lipinski definition) is 3. The molecule has 76 valence electrons. The molecule has 6 heteroatoms. The van der Waals surface area contributed by atoms with Crippen LogP contribution in [0.25, 0.3) is 0 Å². The van der Waals surface area contributed by atoms with Crippen molar-refractivity contribution < 1.29 is 9.59 Å². The summed E-state index contributed by atoms with van der Waals surface area (Å²) < 4.78 is 0.433. The fraction of sp³-hybridized carbons (Fsp3) is 0.714. The highest BCUT2D eigenvalue weighted by Crippen LogP contribution is 1.97. The summed E-state index contributed by atoms with van der Waals surface area (Å²) in [6.07, 6.45) is 1.26. The molecule has 0 heterocycles. The van der Waals surface area contributed by atoms with E-state index in [4.69, 9.17) is 11.5 Å². The van der Waals surface area contributed by atoms with Crippen LogP contribution in [0.1, 0.15) is 12.8 Å². The molecule has 5 nitrogen and oxygen atoms in total. The normalized spacial score (nSPS) is 12.2. The van der Waals surface area contributed by atoms with Crippen molar-refractivity contribution in [2.75, 3.05) is 11.0 Å². The summed E-state index contributed by atoms with van der Waals surface area (Å²) in [5.74, 6) is 0.0414. The Morgan fingerprint density at radius 3 is 2.54 bits per heavy atom. The zero-order valence-electron chi connectivity index (χ0n) is 7.25. The summed E-state index contributed by atoms with van der Waals surface area (Å²) in [5.41, 5.74) is 10.4. The summed E-state index contributed by atoms with van der Waals surface area (Å²) >= 11 is 1.98. The Bertz CT molecular complexity index is 187. The van der Waals surface area contributed by atoms with Crippen LogP contribution < -0.4 is 16.8 Å². The van der Waals surface area contributed by atoms with Crippen molar-refractivity contribution in [1.29, 1.82) is 0 Å². The highest BCUT2D eigenvalue weighted by Gasteiger charge is 2.10. The van der Waals surface area contributed by atoms with E-state index in [-0.39, 0.29) is 5.78 Å². The zero-order valence-corrected chi connectivity index (χ0v) is 9.41. The third-order valence-electron chi connectivity index (χ3n) is 1.54. The second kappa shape index (κ2) is 7.07. The van der Waals surface area contributed by atoms with E-state index < -0.39 is 12.1 Å². The summed E-state index contributed by atoms with van der Waals surface area (Å²) in [5, 5.41) is 2.43. The number of urea groups is 1. The van der Waals surface area contributed by atoms with E-state index in [0.717, 1.165) is 0 Å². The predicted octanol–water partition coefficient (Wildman–Crippen LogP) is -0.234. The van der Waals surface area contributed by atoms with Crippen LogP contribution in [0.3, 0.4) is 0 Å². The maximum atomic E-state index is 11.0. The maximum Gasteiger partial charge on any atom is 0.312 e. The van der Waals surface area contributed by atoms with E-state index in [2.05, 4.69) is 5.32 Å². The molecule has 0 saturated carbocycles. The van der Waals surface area contributed by atoms with E-state index in [9.17, 15) is 9.59 Å². The molecule has 0 rings (SSSR count). The first-order valence-corrected chi connectivity index (χ1v) is 5.48. The number of Topliss-reactive ketones (excluding diaryl/α,β-unsaturated/α-hetero) is 1. The fourth-order valence-corrected chi connectivity index (χ4v) is 1.36. The van der Waals surface area contributed by atoms with Gasteiger partial charge in [-0.05, 0) is 12.8 Å². The highest BCUT2D eigenvalue weighted by atomic mass is 127. The molecular weight excluding hydrogens is 285 g/mol. The van der Waals surface area contributed by atoms with Crippen LogP contribution in [0.15, 0.2) is 0 Å². The number of primary amides is 1. The number of rotatable bonds is 6. The molecule has 0 aliphatic rings. The van der Waals surface area contributed by atoms with Crippen molar-refractivity contribution >= 4 is 34.4 Å². The van der Waals surface area contributed by atoms with Crippen LogP contribution in [0.4, 0.5) is 4.79 Å². The number of nitrogens with one attached hydrogen (secondary N) is 1. The molecule has 0 unspecified atom stereocenters. The summed E-state index contributed by atoms with van der Waals surface area (Å²) in [4.78, 5) is 21.2. The quantitative estimate of drug-likeness (QED) is 0.359. The molecule has 0 radical (unpaired) electrons. The topological polar surface area (TPSA) is 98.2 Å². The lowest BCUT2D eigenvalue weighted by atomic mass is 10.1. The van der Waals surface area contributed by atoms with Gasteiger partial charge >= 0.3 is 6.03 Å². The second-order valence-corrected chi connectivity index (χ2v) is 3.40. The van der Waals surface area contributed by atoms with Crippen molar-refractivity contribution in [2.24, 2.45) is 11.5 Å². The summed E-state index contributed by atoms with van der Waals surface area (Å²) in [6, 6.07) is -0.958. The van der Waals surface area contributed by atoms with Crippen LogP contribution in [-0.4, -0.2) is 28.8 Å². The van der Waals surface area contributed by atoms with E-state index in [0.29, 0.717) is 23.8 Å². The Morgan fingerprint density at radius 2 is 2.08 bits per heavy atom. The number of nitrogens with two attached hydrogens (primary N) is 2. The Balaban J connectivity index is 3.42. The van der Waals surface area contributed by atoms with Crippen LogP contribution in [0.2, 0.25) is 0 Å². The summed E-state index contributed by atoms with van der Waals surface area (Å²) in [6.45, 7) is 0.470. The minimum atomic E-state index is -0.547. The lowest BCUT2D eigenvalue weighted by Crippen LogP contribution is -2.34. The van der Waals surface area contributed by atoms with Gasteiger partial charge in [-0.25, -0.2) is 4.79 Å². The molecule has 0 aliphatic heterocycles. The third-order valence-corrected chi connectivity index (χ3v) is 2.29. The Hall–Kier alpha value is -0.370. The van der Waals surface area contributed by atoms with Gasteiger partial charge in [0.2, 0.25) is 0 Å². The molecule has 2 amide bonds. The van der Waals surface area contributed by atoms with Gasteiger partial charge in [0, 0.05) is 6.54 Å². The molecule has 0 aromatic rings. The Kier molecular flexibility index (Phi) is 6.87. The molecule has 0 bridgehead atoms. The van der Waals surface area contributed by atoms with Gasteiger partial charge in [-0.1, -0.05) is 22.6 Å². The number of carbonyl (C=O) groups excluding carboxylic acids is 2. The lowest BCUT2D eigenvalue weighted by Gasteiger charge is -2.08. The smallest absolute Gasteiger partial charge is 0.312 e. The van der Waals surface area contributed by atoms with E-state index in [1.165, 1.54) is 0 Å². The van der Waals surface area contributed by atoms with Crippen LogP contribution in [-0.2, 0) is 4.79 Å². The van der Waals surface area contributed by atoms with E-state index >= 15 is 0 Å². The summed E-state index contributed by atoms with van der Waals surface area (Å²) in [7, 11) is 0. The van der Waals surface area contributed by atoms with Crippen LogP contribution >= 0.6 is 22.6 Å². The molecule has 5 N–H and O–H groups in total. The minimum Gasteiger partial charge on any atom is -0.352 e. The number of hydrogen-bond donors (Lipinski definition) is 3. The highest BCUT2D eigenvalue weighted by molar-refractivity contribution is 14.1. The first-order valence-electron chi connectivity index (χ1n) is 3.95. The van der Waals surface area contributed by atoms with Crippen molar-refractivity contribution in [3.8, 4) is 0 Å². The Morgan fingerprint density at radius 1 is 1.46 bits per heavy atom. The minimum absolute atomic E-state index is 0.0414. The SMILES string of the molecule is NC(=O)NCCC[C@H](N)C(=O)CI. The maximum absolute atomic E-state index is 11.0. The number of carbonyl (C=O) groups is 2. The first-order chi connectivity index (χ1) is 6.07. The lowest BCUT2D eigenvalue weighted by molar-refractivity contribution is -0.117. The van der Waals surface area contributed by atoms with Gasteiger partial charge in [-0.15, -0.1) is 0 Å². The van der Waals surface area contributed by atoms with Gasteiger partial charge in [0.15, 0.2) is 5.78 Å². The van der Waals surface area contributed by atoms with Crippen LogP contribution in [0, 0.1) is 0 Å². The monoisotopic (exact) mass is 299 g/mol. The van der Waals surface area contributed by atoms with Crippen molar-refractivity contribution in [3.05, 3.63) is 0 Å². The fourth-order valence-electron chi connectivity index (χ4n) is 0.794. The molecule has 0 aromatic heterocycles. The molecule has 0 spiro atoms. The molecular formula is C7H14IN3O2. The Labute approximate surface area is 90.7 Å². The van der Waals surface area contributed by atoms with Gasteiger partial charge in [-0.3, -0.25) is 4.79 Å². The third kappa shape index (κ3) is 6.76. The largest absolute Gasteiger partial charge is 0.352 e. The molecule has 13 heavy (non-hydrogen) atoms. The van der Waals surface area contributed by atoms with Gasteiger partial charge in [-0.2, -0.15) is 0 Å². The van der Waals surface area contributed by atoms with E-state index in [1.54, 1.807) is 0 Å². The van der Waals surface area contributed by atoms with Crippen molar-refractivity contribution in [2.45, 2.75) is 18.9 Å².